The molecule has 1 aromatic carbocycles. The van der Waals surface area contributed by atoms with Crippen molar-refractivity contribution < 1.29 is 67.6 Å². The standard InChI is InChI=1S/C34H40O14/c1-5-10-34(11-6-2)44-16-23-28(47-34)26(37)27(38)32(45-23)46-31-24-18(20(15-43-31)29(39)42-4)9-12-33(24)14-19(30(40)48-33)25(36)17-7-8-21(35)22(13-17)41-3/h7-9,12-15,18,23-24,26-28,31-32,35,37-38H,5-6,10-11,16H2,1-4H3/t18-,23-,24-,26-,27-,28-,31+,32+,33-/m1/s1. The number of methoxy groups -OCH3 is 2. The highest BCUT2D eigenvalue weighted by Crippen LogP contribution is 2.51. The van der Waals surface area contributed by atoms with Crippen molar-refractivity contribution in [3.8, 4) is 11.5 Å². The summed E-state index contributed by atoms with van der Waals surface area (Å²) >= 11 is 0. The fraction of sp³-hybridized carbons (Fsp3) is 0.559. The molecule has 0 saturated carbocycles. The molecule has 260 valence electrons. The maximum Gasteiger partial charge on any atom is 0.343 e. The van der Waals surface area contributed by atoms with Crippen molar-refractivity contribution in [1.82, 2.24) is 0 Å². The molecule has 0 bridgehead atoms. The van der Waals surface area contributed by atoms with Crippen LogP contribution in [0.3, 0.4) is 0 Å². The number of carbonyl (C=O) groups is 3. The van der Waals surface area contributed by atoms with Crippen molar-refractivity contribution in [1.29, 1.82) is 0 Å². The number of ketones is 1. The van der Waals surface area contributed by atoms with Gasteiger partial charge in [-0.1, -0.05) is 32.8 Å². The molecule has 0 amide bonds. The van der Waals surface area contributed by atoms with Gasteiger partial charge in [-0.05, 0) is 30.4 Å². The zero-order valence-electron chi connectivity index (χ0n) is 27.0. The molecule has 6 rings (SSSR count). The van der Waals surface area contributed by atoms with Crippen LogP contribution in [0, 0.1) is 11.8 Å². The van der Waals surface area contributed by atoms with Gasteiger partial charge in [0.1, 0.15) is 30.0 Å². The zero-order valence-corrected chi connectivity index (χ0v) is 27.0. The lowest BCUT2D eigenvalue weighted by molar-refractivity contribution is -0.406. The van der Waals surface area contributed by atoms with E-state index in [4.69, 9.17) is 37.9 Å². The molecule has 14 heteroatoms. The maximum atomic E-state index is 13.5. The lowest BCUT2D eigenvalue weighted by atomic mass is 9.78. The van der Waals surface area contributed by atoms with Gasteiger partial charge in [0.15, 0.2) is 35.0 Å². The Bertz CT molecular complexity index is 1520. The van der Waals surface area contributed by atoms with Crippen LogP contribution >= 0.6 is 0 Å². The second-order valence-corrected chi connectivity index (χ2v) is 12.5. The molecule has 48 heavy (non-hydrogen) atoms. The zero-order chi connectivity index (χ0) is 34.4. The van der Waals surface area contributed by atoms with Gasteiger partial charge in [-0.25, -0.2) is 9.59 Å². The van der Waals surface area contributed by atoms with Crippen LogP contribution in [-0.2, 0) is 42.7 Å². The smallest absolute Gasteiger partial charge is 0.343 e. The Balaban J connectivity index is 1.28. The number of carbonyl (C=O) groups excluding carboxylic acids is 3. The molecule has 1 aliphatic carbocycles. The van der Waals surface area contributed by atoms with Gasteiger partial charge in [0.05, 0.1) is 38.6 Å². The van der Waals surface area contributed by atoms with Crippen LogP contribution in [0.15, 0.2) is 53.8 Å². The number of rotatable bonds is 10. The predicted octanol–water partition coefficient (Wildman–Crippen LogP) is 2.20. The normalized spacial score (nSPS) is 34.8. The summed E-state index contributed by atoms with van der Waals surface area (Å²) in [6.07, 6.45) is 1.03. The number of hydrogen-bond donors (Lipinski definition) is 3. The molecular formula is C34H40O14. The summed E-state index contributed by atoms with van der Waals surface area (Å²) in [5, 5.41) is 32.4. The Morgan fingerprint density at radius 3 is 2.50 bits per heavy atom. The molecule has 0 radical (unpaired) electrons. The molecule has 0 unspecified atom stereocenters. The van der Waals surface area contributed by atoms with E-state index in [0.29, 0.717) is 12.8 Å². The van der Waals surface area contributed by atoms with Gasteiger partial charge in [-0.3, -0.25) is 4.79 Å². The van der Waals surface area contributed by atoms with Gasteiger partial charge in [0.25, 0.3) is 0 Å². The number of allylic oxidation sites excluding steroid dienone is 1. The molecule has 3 N–H and O–H groups in total. The molecule has 4 heterocycles. The number of aliphatic hydroxyl groups is 2. The molecule has 2 fully saturated rings. The van der Waals surface area contributed by atoms with Crippen LogP contribution in [-0.4, -0.2) is 102 Å². The van der Waals surface area contributed by atoms with Gasteiger partial charge >= 0.3 is 11.9 Å². The third-order valence-electron chi connectivity index (χ3n) is 9.45. The number of Topliss-reactive ketones (excluding diaryl/α,β-unsaturated/α-hetero) is 1. The van der Waals surface area contributed by atoms with Crippen molar-refractivity contribution in [3.05, 3.63) is 59.4 Å². The molecule has 5 aliphatic rings. The maximum absolute atomic E-state index is 13.5. The van der Waals surface area contributed by atoms with E-state index in [1.807, 2.05) is 13.8 Å². The highest BCUT2D eigenvalue weighted by Gasteiger charge is 2.60. The van der Waals surface area contributed by atoms with Crippen molar-refractivity contribution >= 4 is 17.7 Å². The summed E-state index contributed by atoms with van der Waals surface area (Å²) in [6.45, 7) is 4.09. The second-order valence-electron chi connectivity index (χ2n) is 12.5. The van der Waals surface area contributed by atoms with Gasteiger partial charge in [-0.15, -0.1) is 0 Å². The SMILES string of the molecule is CCCC1(CCC)OC[C@H]2O[C@@H](O[C@@H]3OC=C(C(=O)OC)[C@H]4C=C[C@@]5(C=C(C(=O)c6ccc(O)c(OC)c6)C(=O)O5)[C@@H]34)[C@H](O)[C@@H](O)[C@@H]2O1. The van der Waals surface area contributed by atoms with E-state index in [9.17, 15) is 29.7 Å². The largest absolute Gasteiger partial charge is 0.504 e. The summed E-state index contributed by atoms with van der Waals surface area (Å²) in [7, 11) is 2.54. The predicted molar refractivity (Wildman–Crippen MR) is 162 cm³/mol. The number of fused-ring (bicyclic) bond motifs is 3. The Hall–Kier alpha value is -3.79. The van der Waals surface area contributed by atoms with E-state index in [1.54, 1.807) is 6.08 Å². The van der Waals surface area contributed by atoms with Gasteiger partial charge < -0.3 is 53.2 Å². The molecule has 1 aromatic rings. The lowest BCUT2D eigenvalue weighted by Gasteiger charge is -2.51. The van der Waals surface area contributed by atoms with Crippen molar-refractivity contribution in [2.45, 2.75) is 87.9 Å². The van der Waals surface area contributed by atoms with Crippen molar-refractivity contribution in [3.63, 3.8) is 0 Å². The van der Waals surface area contributed by atoms with Crippen molar-refractivity contribution in [2.24, 2.45) is 11.8 Å². The Morgan fingerprint density at radius 2 is 1.81 bits per heavy atom. The summed E-state index contributed by atoms with van der Waals surface area (Å²) in [4.78, 5) is 39.5. The Labute approximate surface area is 276 Å². The summed E-state index contributed by atoms with van der Waals surface area (Å²) in [5.74, 6) is -5.14. The first-order valence-electron chi connectivity index (χ1n) is 16.0. The quantitative estimate of drug-likeness (QED) is 0.142. The molecule has 1 spiro atoms. The minimum Gasteiger partial charge on any atom is -0.504 e. The van der Waals surface area contributed by atoms with Gasteiger partial charge in [0, 0.05) is 24.3 Å². The van der Waals surface area contributed by atoms with Gasteiger partial charge in [0.2, 0.25) is 6.29 Å². The Morgan fingerprint density at radius 1 is 1.06 bits per heavy atom. The first-order chi connectivity index (χ1) is 23.0. The Kier molecular flexibility index (Phi) is 9.41. The van der Waals surface area contributed by atoms with E-state index < -0.39 is 77.9 Å². The fourth-order valence-electron chi connectivity index (χ4n) is 7.17. The van der Waals surface area contributed by atoms with Crippen LogP contribution in [0.1, 0.15) is 49.9 Å². The molecular weight excluding hydrogens is 632 g/mol. The second kappa shape index (κ2) is 13.3. The minimum absolute atomic E-state index is 0.0380. The summed E-state index contributed by atoms with van der Waals surface area (Å²) < 4.78 is 46.4. The number of hydrogen-bond acceptors (Lipinski definition) is 14. The molecule has 9 atom stereocenters. The van der Waals surface area contributed by atoms with E-state index in [-0.39, 0.29) is 34.8 Å². The fourth-order valence-corrected chi connectivity index (χ4v) is 7.17. The van der Waals surface area contributed by atoms with Crippen molar-refractivity contribution in [2.75, 3.05) is 20.8 Å². The first kappa shape index (κ1) is 34.1. The van der Waals surface area contributed by atoms with Crippen LogP contribution in [0.2, 0.25) is 0 Å². The number of esters is 2. The highest BCUT2D eigenvalue weighted by atomic mass is 16.8. The molecule has 14 nitrogen and oxygen atoms in total. The average Bonchev–Trinajstić information content (AvgIpc) is 3.62. The molecule has 0 aromatic heterocycles. The third-order valence-corrected chi connectivity index (χ3v) is 9.45. The number of aromatic hydroxyl groups is 1. The first-order valence-corrected chi connectivity index (χ1v) is 16.0. The van der Waals surface area contributed by atoms with E-state index in [1.165, 1.54) is 50.8 Å². The van der Waals surface area contributed by atoms with E-state index >= 15 is 0 Å². The summed E-state index contributed by atoms with van der Waals surface area (Å²) in [5.41, 5.74) is -1.76. The average molecular weight is 673 g/mol. The number of ether oxygens (including phenoxy) is 8. The van der Waals surface area contributed by atoms with Crippen LogP contribution in [0.5, 0.6) is 11.5 Å². The van der Waals surface area contributed by atoms with E-state index in [2.05, 4.69) is 0 Å². The summed E-state index contributed by atoms with van der Waals surface area (Å²) in [6, 6.07) is 3.91. The lowest BCUT2D eigenvalue weighted by Crippen LogP contribution is -2.66. The highest BCUT2D eigenvalue weighted by molar-refractivity contribution is 6.25. The van der Waals surface area contributed by atoms with Gasteiger partial charge in [-0.2, -0.15) is 0 Å². The topological polar surface area (TPSA) is 186 Å². The van der Waals surface area contributed by atoms with Crippen LogP contribution in [0.4, 0.5) is 0 Å². The number of aliphatic hydroxyl groups excluding tert-OH is 2. The molecule has 2 saturated heterocycles. The van der Waals surface area contributed by atoms with Crippen LogP contribution < -0.4 is 4.74 Å². The number of phenolic OH excluding ortho intramolecular Hbond substituents is 1. The minimum atomic E-state index is -1.62. The van der Waals surface area contributed by atoms with E-state index in [0.717, 1.165) is 12.8 Å². The molecule has 4 aliphatic heterocycles. The number of phenols is 1. The third kappa shape index (κ3) is 5.80. The monoisotopic (exact) mass is 672 g/mol. The number of benzene rings is 1. The van der Waals surface area contributed by atoms with Crippen LogP contribution in [0.25, 0.3) is 0 Å².